The van der Waals surface area contributed by atoms with Crippen molar-refractivity contribution in [3.8, 4) is 0 Å². The second-order valence-corrected chi connectivity index (χ2v) is 8.80. The van der Waals surface area contributed by atoms with Crippen molar-refractivity contribution in [2.75, 3.05) is 13.1 Å². The number of carboxylic acid groups (broad SMARTS) is 1. The minimum absolute atomic E-state index is 0.0676. The number of benzene rings is 1. The highest BCUT2D eigenvalue weighted by Gasteiger charge is 2.31. The quantitative estimate of drug-likeness (QED) is 0.182. The smallest absolute Gasteiger partial charge is 0.326 e. The number of amides is 3. The van der Waals surface area contributed by atoms with Crippen molar-refractivity contribution in [1.82, 2.24) is 20.9 Å². The number of aromatic amines is 1. The average molecular weight is 489 g/mol. The van der Waals surface area contributed by atoms with Crippen molar-refractivity contribution in [3.63, 3.8) is 0 Å². The molecule has 1 heterocycles. The summed E-state index contributed by atoms with van der Waals surface area (Å²) in [5, 5.41) is 18.4. The maximum Gasteiger partial charge on any atom is 0.326 e. The fourth-order valence-corrected chi connectivity index (χ4v) is 3.79. The Morgan fingerprint density at radius 1 is 0.971 bits per heavy atom. The van der Waals surface area contributed by atoms with Crippen molar-refractivity contribution >= 4 is 34.6 Å². The number of rotatable bonds is 14. The number of carboxylic acids is 1. The van der Waals surface area contributed by atoms with Gasteiger partial charge in [-0.15, -0.1) is 0 Å². The first-order chi connectivity index (χ1) is 16.7. The third-order valence-corrected chi connectivity index (χ3v) is 5.74. The number of H-pyrrole nitrogens is 1. The van der Waals surface area contributed by atoms with Crippen LogP contribution < -0.4 is 27.4 Å². The number of carbonyl (C=O) groups excluding carboxylic acids is 3. The zero-order chi connectivity index (χ0) is 26.0. The SMILES string of the molecule is CC(C)C(NC(=O)C(CCCCN)NC(=O)CN)C(=O)NC(Cc1c[nH]c2ccccc12)C(=O)O. The van der Waals surface area contributed by atoms with Gasteiger partial charge in [-0.25, -0.2) is 4.79 Å². The van der Waals surface area contributed by atoms with Gasteiger partial charge in [-0.1, -0.05) is 32.0 Å². The number of unbranched alkanes of at least 4 members (excludes halogenated alkanes) is 1. The molecule has 0 aliphatic rings. The van der Waals surface area contributed by atoms with Crippen molar-refractivity contribution in [1.29, 1.82) is 0 Å². The van der Waals surface area contributed by atoms with Gasteiger partial charge in [0.15, 0.2) is 0 Å². The third kappa shape index (κ3) is 8.08. The van der Waals surface area contributed by atoms with Crippen LogP contribution in [0.1, 0.15) is 38.7 Å². The highest BCUT2D eigenvalue weighted by molar-refractivity contribution is 5.94. The molecule has 11 nitrogen and oxygen atoms in total. The van der Waals surface area contributed by atoms with E-state index in [4.69, 9.17) is 11.5 Å². The zero-order valence-electron chi connectivity index (χ0n) is 20.2. The Morgan fingerprint density at radius 3 is 2.31 bits per heavy atom. The summed E-state index contributed by atoms with van der Waals surface area (Å²) in [5.74, 6) is -3.18. The summed E-state index contributed by atoms with van der Waals surface area (Å²) in [6.07, 6.45) is 3.40. The molecule has 1 aromatic carbocycles. The Hall–Kier alpha value is -3.44. The molecular formula is C24H36N6O5. The second kappa shape index (κ2) is 13.4. The van der Waals surface area contributed by atoms with E-state index in [0.717, 1.165) is 16.5 Å². The minimum Gasteiger partial charge on any atom is -0.480 e. The molecule has 3 atom stereocenters. The molecule has 0 fully saturated rings. The van der Waals surface area contributed by atoms with Crippen LogP contribution in [-0.2, 0) is 25.6 Å². The zero-order valence-corrected chi connectivity index (χ0v) is 20.2. The summed E-state index contributed by atoms with van der Waals surface area (Å²) in [6, 6.07) is 4.40. The highest BCUT2D eigenvalue weighted by atomic mass is 16.4. The molecule has 0 saturated heterocycles. The number of aliphatic carboxylic acids is 1. The molecule has 0 spiro atoms. The minimum atomic E-state index is -1.20. The van der Waals surface area contributed by atoms with E-state index in [1.54, 1.807) is 20.0 Å². The van der Waals surface area contributed by atoms with Gasteiger partial charge in [0.05, 0.1) is 6.54 Å². The number of aromatic nitrogens is 1. The van der Waals surface area contributed by atoms with Gasteiger partial charge < -0.3 is 37.5 Å². The van der Waals surface area contributed by atoms with E-state index >= 15 is 0 Å². The first-order valence-electron chi connectivity index (χ1n) is 11.8. The molecule has 0 bridgehead atoms. The van der Waals surface area contributed by atoms with Gasteiger partial charge in [-0.05, 0) is 43.4 Å². The van der Waals surface area contributed by atoms with Crippen molar-refractivity contribution < 1.29 is 24.3 Å². The van der Waals surface area contributed by atoms with Crippen LogP contribution in [0.25, 0.3) is 10.9 Å². The van der Waals surface area contributed by atoms with Gasteiger partial charge in [-0.3, -0.25) is 14.4 Å². The van der Waals surface area contributed by atoms with E-state index in [1.165, 1.54) is 0 Å². The predicted molar refractivity (Wildman–Crippen MR) is 132 cm³/mol. The van der Waals surface area contributed by atoms with Crippen LogP contribution in [-0.4, -0.2) is 65.0 Å². The third-order valence-electron chi connectivity index (χ3n) is 5.74. The lowest BCUT2D eigenvalue weighted by Gasteiger charge is -2.26. The summed E-state index contributed by atoms with van der Waals surface area (Å²) < 4.78 is 0. The Bertz CT molecular complexity index is 1020. The molecule has 2 aromatic rings. The van der Waals surface area contributed by atoms with Gasteiger partial charge in [0.25, 0.3) is 0 Å². The highest BCUT2D eigenvalue weighted by Crippen LogP contribution is 2.19. The normalized spacial score (nSPS) is 13.7. The average Bonchev–Trinajstić information content (AvgIpc) is 3.23. The van der Waals surface area contributed by atoms with Crippen molar-refractivity contribution in [2.24, 2.45) is 17.4 Å². The van der Waals surface area contributed by atoms with E-state index < -0.39 is 41.8 Å². The standard InChI is InChI=1S/C24H36N6O5/c1-14(2)21(30-22(32)18(9-5-6-10-25)28-20(31)12-26)23(33)29-19(24(34)35)11-15-13-27-17-8-4-3-7-16(15)17/h3-4,7-8,13-14,18-19,21,27H,5-6,9-12,25-26H2,1-2H3,(H,28,31)(H,29,33)(H,30,32)(H,34,35). The Morgan fingerprint density at radius 2 is 1.69 bits per heavy atom. The lowest BCUT2D eigenvalue weighted by molar-refractivity contribution is -0.142. The molecule has 0 aliphatic carbocycles. The number of fused-ring (bicyclic) bond motifs is 1. The number of para-hydroxylation sites is 1. The summed E-state index contributed by atoms with van der Waals surface area (Å²) >= 11 is 0. The second-order valence-electron chi connectivity index (χ2n) is 8.80. The van der Waals surface area contributed by atoms with Gasteiger partial charge in [0.2, 0.25) is 17.7 Å². The molecule has 3 amide bonds. The Kier molecular flexibility index (Phi) is 10.7. The van der Waals surface area contributed by atoms with Crippen LogP contribution in [0.15, 0.2) is 30.5 Å². The van der Waals surface area contributed by atoms with Gasteiger partial charge in [-0.2, -0.15) is 0 Å². The topological polar surface area (TPSA) is 192 Å². The van der Waals surface area contributed by atoms with Crippen molar-refractivity contribution in [3.05, 3.63) is 36.0 Å². The summed E-state index contributed by atoms with van der Waals surface area (Å²) in [4.78, 5) is 52.8. The molecule has 9 N–H and O–H groups in total. The predicted octanol–water partition coefficient (Wildman–Crippen LogP) is -0.00690. The lowest BCUT2D eigenvalue weighted by atomic mass is 10.00. The fourth-order valence-electron chi connectivity index (χ4n) is 3.79. The summed E-state index contributed by atoms with van der Waals surface area (Å²) in [6.45, 7) is 3.65. The molecule has 192 valence electrons. The van der Waals surface area contributed by atoms with Gasteiger partial charge >= 0.3 is 5.97 Å². The molecule has 0 aliphatic heterocycles. The molecule has 3 unspecified atom stereocenters. The first kappa shape index (κ1) is 27.8. The molecular weight excluding hydrogens is 452 g/mol. The van der Waals surface area contributed by atoms with Crippen LogP contribution in [0.3, 0.4) is 0 Å². The monoisotopic (exact) mass is 488 g/mol. The fraction of sp³-hybridized carbons (Fsp3) is 0.500. The van der Waals surface area contributed by atoms with Crippen LogP contribution in [0.4, 0.5) is 0 Å². The van der Waals surface area contributed by atoms with Gasteiger partial charge in [0, 0.05) is 23.5 Å². The Balaban J connectivity index is 2.12. The van der Waals surface area contributed by atoms with E-state index in [1.807, 2.05) is 24.3 Å². The number of hydrogen-bond donors (Lipinski definition) is 7. The van der Waals surface area contributed by atoms with E-state index in [0.29, 0.717) is 25.8 Å². The lowest BCUT2D eigenvalue weighted by Crippen LogP contribution is -2.58. The maximum atomic E-state index is 13.1. The van der Waals surface area contributed by atoms with Crippen LogP contribution in [0.5, 0.6) is 0 Å². The molecule has 0 radical (unpaired) electrons. The molecule has 1 aromatic heterocycles. The van der Waals surface area contributed by atoms with Crippen LogP contribution >= 0.6 is 0 Å². The molecule has 35 heavy (non-hydrogen) atoms. The summed E-state index contributed by atoms with van der Waals surface area (Å²) in [7, 11) is 0. The molecule has 0 saturated carbocycles. The van der Waals surface area contributed by atoms with Crippen molar-refractivity contribution in [2.45, 2.75) is 57.7 Å². The number of nitrogens with two attached hydrogens (primary N) is 2. The number of nitrogens with one attached hydrogen (secondary N) is 4. The molecule has 2 rings (SSSR count). The van der Waals surface area contributed by atoms with Gasteiger partial charge in [0.1, 0.15) is 18.1 Å². The first-order valence-corrected chi connectivity index (χ1v) is 11.8. The maximum absolute atomic E-state index is 13.1. The van der Waals surface area contributed by atoms with E-state index in [2.05, 4.69) is 20.9 Å². The number of hydrogen-bond acceptors (Lipinski definition) is 6. The van der Waals surface area contributed by atoms with Crippen LogP contribution in [0, 0.1) is 5.92 Å². The van der Waals surface area contributed by atoms with E-state index in [9.17, 15) is 24.3 Å². The van der Waals surface area contributed by atoms with E-state index in [-0.39, 0.29) is 18.9 Å². The number of carbonyl (C=O) groups is 4. The Labute approximate surface area is 204 Å². The molecule has 11 heteroatoms. The largest absolute Gasteiger partial charge is 0.480 e. The van der Waals surface area contributed by atoms with Crippen LogP contribution in [0.2, 0.25) is 0 Å². The summed E-state index contributed by atoms with van der Waals surface area (Å²) in [5.41, 5.74) is 12.5.